The molecule has 4 aromatic rings. The van der Waals surface area contributed by atoms with E-state index in [0.29, 0.717) is 34.3 Å². The summed E-state index contributed by atoms with van der Waals surface area (Å²) in [7, 11) is 0. The molecule has 3 N–H and O–H groups in total. The van der Waals surface area contributed by atoms with Gasteiger partial charge in [-0.1, -0.05) is 30.3 Å². The van der Waals surface area contributed by atoms with Gasteiger partial charge in [0.05, 0.1) is 17.2 Å². The van der Waals surface area contributed by atoms with Gasteiger partial charge in [0.2, 0.25) is 5.91 Å². The van der Waals surface area contributed by atoms with Crippen LogP contribution in [0.4, 0.5) is 5.69 Å². The van der Waals surface area contributed by atoms with Gasteiger partial charge in [0.1, 0.15) is 0 Å². The first kappa shape index (κ1) is 20.6. The van der Waals surface area contributed by atoms with E-state index < -0.39 is 17.6 Å². The lowest BCUT2D eigenvalue weighted by molar-refractivity contribution is -0.112. The molecule has 32 heavy (non-hydrogen) atoms. The molecule has 0 bridgehead atoms. The molecule has 0 fully saturated rings. The van der Waals surface area contributed by atoms with Crippen LogP contribution in [-0.4, -0.2) is 22.2 Å². The van der Waals surface area contributed by atoms with Crippen LogP contribution in [0.15, 0.2) is 79.0 Å². The quantitative estimate of drug-likeness (QED) is 0.365. The maximum absolute atomic E-state index is 13.0. The molecule has 2 amide bonds. The first-order valence-electron chi connectivity index (χ1n) is 9.79. The number of benzene rings is 3. The number of para-hydroxylation sites is 1. The number of Topliss-reactive ketones (excluding diaryl/α,β-unsaturated/α-hetero) is 1. The zero-order chi connectivity index (χ0) is 22.7. The third-order valence-corrected chi connectivity index (χ3v) is 5.10. The standard InChI is InChI=1S/C25H18N4O3/c26-13-16-5-7-17(8-6-16)14-29-15-21(20-3-1-2-4-22(20)29)23(30)25(32)28-19-11-9-18(10-12-19)24(27)31/h1-12,15H,14H2,(H2,27,31)(H,28,32). The molecule has 0 saturated carbocycles. The van der Waals surface area contributed by atoms with Crippen LogP contribution in [0, 0.1) is 11.3 Å². The largest absolute Gasteiger partial charge is 0.366 e. The molecule has 0 aliphatic heterocycles. The van der Waals surface area contributed by atoms with Crippen LogP contribution in [0.1, 0.15) is 31.8 Å². The van der Waals surface area contributed by atoms with E-state index in [1.54, 1.807) is 24.4 Å². The summed E-state index contributed by atoms with van der Waals surface area (Å²) in [5, 5.41) is 12.2. The van der Waals surface area contributed by atoms with E-state index in [9.17, 15) is 14.4 Å². The number of fused-ring (bicyclic) bond motifs is 1. The van der Waals surface area contributed by atoms with E-state index in [4.69, 9.17) is 11.0 Å². The second kappa shape index (κ2) is 8.58. The molecule has 0 aliphatic carbocycles. The molecule has 1 heterocycles. The Kier molecular flexibility index (Phi) is 5.51. The van der Waals surface area contributed by atoms with Crippen molar-refractivity contribution in [1.82, 2.24) is 4.57 Å². The summed E-state index contributed by atoms with van der Waals surface area (Å²) in [6.07, 6.45) is 1.67. The number of aromatic nitrogens is 1. The zero-order valence-corrected chi connectivity index (χ0v) is 16.9. The van der Waals surface area contributed by atoms with Crippen molar-refractivity contribution in [3.05, 3.63) is 101 Å². The average Bonchev–Trinajstić information content (AvgIpc) is 3.17. The summed E-state index contributed by atoms with van der Waals surface area (Å²) in [6, 6.07) is 22.6. The highest BCUT2D eigenvalue weighted by atomic mass is 16.2. The number of nitrogens with two attached hydrogens (primary N) is 1. The highest BCUT2D eigenvalue weighted by molar-refractivity contribution is 6.48. The van der Waals surface area contributed by atoms with Crippen molar-refractivity contribution in [3.8, 4) is 6.07 Å². The Morgan fingerprint density at radius 2 is 1.62 bits per heavy atom. The van der Waals surface area contributed by atoms with Crippen molar-refractivity contribution in [2.45, 2.75) is 6.54 Å². The van der Waals surface area contributed by atoms with Crippen molar-refractivity contribution in [2.75, 3.05) is 5.32 Å². The molecule has 0 spiro atoms. The van der Waals surface area contributed by atoms with Crippen molar-refractivity contribution >= 4 is 34.2 Å². The van der Waals surface area contributed by atoms with Crippen LogP contribution in [0.2, 0.25) is 0 Å². The molecule has 4 rings (SSSR count). The Balaban J connectivity index is 1.60. The molecule has 3 aromatic carbocycles. The van der Waals surface area contributed by atoms with Crippen molar-refractivity contribution in [1.29, 1.82) is 5.26 Å². The van der Waals surface area contributed by atoms with E-state index in [1.807, 2.05) is 34.9 Å². The van der Waals surface area contributed by atoms with E-state index in [1.165, 1.54) is 24.3 Å². The Bertz CT molecular complexity index is 1380. The zero-order valence-electron chi connectivity index (χ0n) is 16.9. The van der Waals surface area contributed by atoms with Gasteiger partial charge in [-0.05, 0) is 48.0 Å². The number of nitriles is 1. The lowest BCUT2D eigenvalue weighted by atomic mass is 10.1. The van der Waals surface area contributed by atoms with Gasteiger partial charge in [0.15, 0.2) is 0 Å². The molecule has 0 atom stereocenters. The number of primary amides is 1. The second-order valence-electron chi connectivity index (χ2n) is 7.22. The van der Waals surface area contributed by atoms with Gasteiger partial charge in [-0.25, -0.2) is 0 Å². The molecular formula is C25H18N4O3. The third kappa shape index (κ3) is 4.11. The predicted molar refractivity (Wildman–Crippen MR) is 120 cm³/mol. The minimum absolute atomic E-state index is 0.292. The van der Waals surface area contributed by atoms with Gasteiger partial charge in [-0.2, -0.15) is 5.26 Å². The summed E-state index contributed by atoms with van der Waals surface area (Å²) < 4.78 is 1.90. The van der Waals surface area contributed by atoms with Crippen LogP contribution < -0.4 is 11.1 Å². The van der Waals surface area contributed by atoms with E-state index in [2.05, 4.69) is 11.4 Å². The summed E-state index contributed by atoms with van der Waals surface area (Å²) >= 11 is 0. The number of anilines is 1. The predicted octanol–water partition coefficient (Wildman–Crippen LogP) is 3.48. The normalized spacial score (nSPS) is 10.5. The Labute approximate surface area is 183 Å². The topological polar surface area (TPSA) is 118 Å². The number of carbonyl (C=O) groups excluding carboxylic acids is 3. The van der Waals surface area contributed by atoms with Gasteiger partial charge >= 0.3 is 0 Å². The van der Waals surface area contributed by atoms with E-state index in [0.717, 1.165) is 11.1 Å². The molecular weight excluding hydrogens is 404 g/mol. The highest BCUT2D eigenvalue weighted by Crippen LogP contribution is 2.23. The maximum Gasteiger partial charge on any atom is 0.296 e. The summed E-state index contributed by atoms with van der Waals surface area (Å²) in [4.78, 5) is 36.8. The molecule has 0 radical (unpaired) electrons. The fourth-order valence-corrected chi connectivity index (χ4v) is 3.47. The SMILES string of the molecule is N#Cc1ccc(Cn2cc(C(=O)C(=O)Nc3ccc(C(N)=O)cc3)c3ccccc32)cc1. The number of carbonyl (C=O) groups is 3. The number of nitrogens with zero attached hydrogens (tertiary/aromatic N) is 2. The fraction of sp³-hybridized carbons (Fsp3) is 0.0400. The summed E-state index contributed by atoms with van der Waals surface area (Å²) in [5.41, 5.74) is 8.55. The second-order valence-corrected chi connectivity index (χ2v) is 7.22. The molecule has 1 aromatic heterocycles. The number of nitrogens with one attached hydrogen (secondary N) is 1. The van der Waals surface area contributed by atoms with Crippen LogP contribution in [0.3, 0.4) is 0 Å². The Hall–Kier alpha value is -4.70. The third-order valence-electron chi connectivity index (χ3n) is 5.10. The van der Waals surface area contributed by atoms with Crippen LogP contribution in [0.5, 0.6) is 0 Å². The highest BCUT2D eigenvalue weighted by Gasteiger charge is 2.22. The number of ketones is 1. The van der Waals surface area contributed by atoms with Gasteiger partial charge in [0, 0.05) is 34.9 Å². The van der Waals surface area contributed by atoms with Gasteiger partial charge in [-0.15, -0.1) is 0 Å². The van der Waals surface area contributed by atoms with Crippen molar-refractivity contribution in [2.24, 2.45) is 5.73 Å². The van der Waals surface area contributed by atoms with Crippen LogP contribution >= 0.6 is 0 Å². The maximum atomic E-state index is 13.0. The van der Waals surface area contributed by atoms with Gasteiger partial charge in [0.25, 0.3) is 11.7 Å². The van der Waals surface area contributed by atoms with E-state index >= 15 is 0 Å². The number of hydrogen-bond acceptors (Lipinski definition) is 4. The lowest BCUT2D eigenvalue weighted by Crippen LogP contribution is -2.22. The minimum atomic E-state index is -0.780. The molecule has 7 nitrogen and oxygen atoms in total. The lowest BCUT2D eigenvalue weighted by Gasteiger charge is -2.05. The molecule has 0 aliphatic rings. The molecule has 156 valence electrons. The number of hydrogen-bond donors (Lipinski definition) is 2. The fourth-order valence-electron chi connectivity index (χ4n) is 3.47. The van der Waals surface area contributed by atoms with Gasteiger partial charge in [-0.3, -0.25) is 14.4 Å². The van der Waals surface area contributed by atoms with E-state index in [-0.39, 0.29) is 0 Å². The minimum Gasteiger partial charge on any atom is -0.366 e. The molecule has 0 unspecified atom stereocenters. The average molecular weight is 422 g/mol. The first-order valence-corrected chi connectivity index (χ1v) is 9.79. The Morgan fingerprint density at radius 1 is 0.938 bits per heavy atom. The first-order chi connectivity index (χ1) is 15.5. The van der Waals surface area contributed by atoms with Crippen molar-refractivity contribution in [3.63, 3.8) is 0 Å². The number of rotatable bonds is 6. The van der Waals surface area contributed by atoms with Crippen LogP contribution in [0.25, 0.3) is 10.9 Å². The van der Waals surface area contributed by atoms with Crippen LogP contribution in [-0.2, 0) is 11.3 Å². The summed E-state index contributed by atoms with van der Waals surface area (Å²) in [6.45, 7) is 0.482. The van der Waals surface area contributed by atoms with Crippen molar-refractivity contribution < 1.29 is 14.4 Å². The number of amides is 2. The van der Waals surface area contributed by atoms with Gasteiger partial charge < -0.3 is 15.6 Å². The monoisotopic (exact) mass is 422 g/mol. The smallest absolute Gasteiger partial charge is 0.296 e. The molecule has 0 saturated heterocycles. The summed E-state index contributed by atoms with van der Waals surface area (Å²) in [5.74, 6) is -2.02. The molecule has 7 heteroatoms. The Morgan fingerprint density at radius 3 is 2.28 bits per heavy atom.